The van der Waals surface area contributed by atoms with E-state index in [1.165, 1.54) is 0 Å². The van der Waals surface area contributed by atoms with Gasteiger partial charge in [0.25, 0.3) is 0 Å². The normalized spacial score (nSPS) is 13.5. The number of hydrogen-bond donors (Lipinski definition) is 2. The van der Waals surface area contributed by atoms with Gasteiger partial charge in [-0.3, -0.25) is 4.79 Å². The second-order valence-electron chi connectivity index (χ2n) is 4.95. The first-order valence-electron chi connectivity index (χ1n) is 6.93. The molecule has 0 saturated carbocycles. The van der Waals surface area contributed by atoms with E-state index >= 15 is 0 Å². The van der Waals surface area contributed by atoms with Crippen molar-refractivity contribution in [2.75, 3.05) is 11.1 Å². The van der Waals surface area contributed by atoms with Gasteiger partial charge in [0.1, 0.15) is 5.54 Å². The summed E-state index contributed by atoms with van der Waals surface area (Å²) in [6.07, 6.45) is 0. The number of carbonyl (C=O) groups excluding carboxylic acids is 1. The lowest BCUT2D eigenvalue weighted by Gasteiger charge is -2.24. The summed E-state index contributed by atoms with van der Waals surface area (Å²) in [5.74, 6) is 0.740. The van der Waals surface area contributed by atoms with E-state index in [1.807, 2.05) is 54.6 Å². The van der Waals surface area contributed by atoms with Crippen molar-refractivity contribution >= 4 is 23.4 Å². The fourth-order valence-corrected chi connectivity index (χ4v) is 2.78. The van der Waals surface area contributed by atoms with Crippen LogP contribution in [-0.4, -0.2) is 11.7 Å². The van der Waals surface area contributed by atoms with Crippen molar-refractivity contribution in [3.05, 3.63) is 60.2 Å². The van der Waals surface area contributed by atoms with Gasteiger partial charge in [-0.2, -0.15) is 0 Å². The lowest BCUT2D eigenvalue weighted by molar-refractivity contribution is -0.120. The minimum absolute atomic E-state index is 0.210. The molecule has 0 aliphatic heterocycles. The van der Waals surface area contributed by atoms with Crippen LogP contribution in [0.3, 0.4) is 0 Å². The molecule has 21 heavy (non-hydrogen) atoms. The molecule has 1 amide bonds. The number of hydrogen-bond acceptors (Lipinski definition) is 3. The number of amides is 1. The molecule has 2 rings (SSSR count). The largest absolute Gasteiger partial charge is 0.323 e. The molecule has 0 heterocycles. The number of benzene rings is 2. The zero-order chi connectivity index (χ0) is 15.3. The Hall–Kier alpha value is -1.78. The van der Waals surface area contributed by atoms with E-state index in [2.05, 4.69) is 12.2 Å². The van der Waals surface area contributed by atoms with Crippen LogP contribution in [0.25, 0.3) is 0 Å². The predicted molar refractivity (Wildman–Crippen MR) is 89.5 cm³/mol. The summed E-state index contributed by atoms with van der Waals surface area (Å²) in [6.45, 7) is 3.81. The van der Waals surface area contributed by atoms with Gasteiger partial charge in [0, 0.05) is 4.90 Å². The van der Waals surface area contributed by atoms with Crippen LogP contribution in [0.1, 0.15) is 19.4 Å². The van der Waals surface area contributed by atoms with Gasteiger partial charge in [-0.1, -0.05) is 49.4 Å². The van der Waals surface area contributed by atoms with Crippen LogP contribution < -0.4 is 11.1 Å². The molecule has 1 atom stereocenters. The number of nitrogens with one attached hydrogen (secondary N) is 1. The number of carbonyl (C=O) groups is 1. The molecule has 0 saturated heterocycles. The highest BCUT2D eigenvalue weighted by molar-refractivity contribution is 7.99. The average molecular weight is 300 g/mol. The third kappa shape index (κ3) is 3.65. The van der Waals surface area contributed by atoms with Crippen LogP contribution in [0.5, 0.6) is 0 Å². The fourth-order valence-electron chi connectivity index (χ4n) is 2.02. The van der Waals surface area contributed by atoms with Gasteiger partial charge in [-0.25, -0.2) is 0 Å². The minimum atomic E-state index is -1.06. The molecule has 0 aliphatic rings. The fraction of sp³-hybridized carbons (Fsp3) is 0.235. The van der Waals surface area contributed by atoms with Crippen molar-refractivity contribution in [2.24, 2.45) is 5.73 Å². The maximum Gasteiger partial charge on any atom is 0.248 e. The standard InChI is InChI=1S/C17H20N2OS/c1-3-21-15-12-8-7-11-14(15)19-16(20)17(2,18)13-9-5-4-6-10-13/h4-12H,3,18H2,1-2H3,(H,19,20). The molecule has 4 heteroatoms. The van der Waals surface area contributed by atoms with Gasteiger partial charge < -0.3 is 11.1 Å². The van der Waals surface area contributed by atoms with Gasteiger partial charge in [-0.05, 0) is 30.4 Å². The van der Waals surface area contributed by atoms with Crippen molar-refractivity contribution in [1.82, 2.24) is 0 Å². The summed E-state index contributed by atoms with van der Waals surface area (Å²) in [4.78, 5) is 13.6. The zero-order valence-corrected chi connectivity index (χ0v) is 13.1. The molecule has 0 radical (unpaired) electrons. The molecule has 0 bridgehead atoms. The second-order valence-corrected chi connectivity index (χ2v) is 6.26. The third-order valence-electron chi connectivity index (χ3n) is 3.28. The van der Waals surface area contributed by atoms with Crippen LogP contribution in [0, 0.1) is 0 Å². The summed E-state index contributed by atoms with van der Waals surface area (Å²) in [5.41, 5.74) is 6.77. The van der Waals surface area contributed by atoms with Crippen molar-refractivity contribution in [2.45, 2.75) is 24.3 Å². The Balaban J connectivity index is 2.22. The Morgan fingerprint density at radius 3 is 2.43 bits per heavy atom. The Morgan fingerprint density at radius 1 is 1.14 bits per heavy atom. The lowest BCUT2D eigenvalue weighted by Crippen LogP contribution is -2.45. The second kappa shape index (κ2) is 6.78. The van der Waals surface area contributed by atoms with Gasteiger partial charge in [0.15, 0.2) is 0 Å². The van der Waals surface area contributed by atoms with Gasteiger partial charge in [-0.15, -0.1) is 11.8 Å². The summed E-state index contributed by atoms with van der Waals surface area (Å²) in [6, 6.07) is 17.2. The third-order valence-corrected chi connectivity index (χ3v) is 4.24. The molecule has 0 spiro atoms. The molecule has 110 valence electrons. The lowest BCUT2D eigenvalue weighted by atomic mass is 9.92. The summed E-state index contributed by atoms with van der Waals surface area (Å²) in [7, 11) is 0. The number of rotatable bonds is 5. The topological polar surface area (TPSA) is 55.1 Å². The first-order chi connectivity index (χ1) is 10.1. The zero-order valence-electron chi connectivity index (χ0n) is 12.3. The minimum Gasteiger partial charge on any atom is -0.323 e. The smallest absolute Gasteiger partial charge is 0.248 e. The van der Waals surface area contributed by atoms with E-state index in [0.29, 0.717) is 0 Å². The Labute approximate surface area is 129 Å². The SMILES string of the molecule is CCSc1ccccc1NC(=O)C(C)(N)c1ccccc1. The highest BCUT2D eigenvalue weighted by Crippen LogP contribution is 2.28. The maximum absolute atomic E-state index is 12.5. The van der Waals surface area contributed by atoms with Crippen LogP contribution >= 0.6 is 11.8 Å². The molecule has 2 aromatic carbocycles. The molecular weight excluding hydrogens is 280 g/mol. The molecular formula is C17H20N2OS. The molecule has 3 nitrogen and oxygen atoms in total. The highest BCUT2D eigenvalue weighted by Gasteiger charge is 2.30. The van der Waals surface area contributed by atoms with E-state index in [4.69, 9.17) is 5.73 Å². The molecule has 2 aromatic rings. The van der Waals surface area contributed by atoms with Crippen LogP contribution in [0.2, 0.25) is 0 Å². The van der Waals surface area contributed by atoms with Crippen LogP contribution in [-0.2, 0) is 10.3 Å². The molecule has 0 aromatic heterocycles. The van der Waals surface area contributed by atoms with Crippen molar-refractivity contribution in [3.8, 4) is 0 Å². The van der Waals surface area contributed by atoms with Crippen molar-refractivity contribution < 1.29 is 4.79 Å². The van der Waals surface area contributed by atoms with E-state index in [0.717, 1.165) is 21.9 Å². The van der Waals surface area contributed by atoms with Crippen LogP contribution in [0.4, 0.5) is 5.69 Å². The quantitative estimate of drug-likeness (QED) is 0.829. The Morgan fingerprint density at radius 2 is 1.76 bits per heavy atom. The van der Waals surface area contributed by atoms with Crippen molar-refractivity contribution in [3.63, 3.8) is 0 Å². The highest BCUT2D eigenvalue weighted by atomic mass is 32.2. The van der Waals surface area contributed by atoms with Gasteiger partial charge in [0.2, 0.25) is 5.91 Å². The van der Waals surface area contributed by atoms with Crippen LogP contribution in [0.15, 0.2) is 59.5 Å². The summed E-state index contributed by atoms with van der Waals surface area (Å²) < 4.78 is 0. The van der Waals surface area contributed by atoms with E-state index in [9.17, 15) is 4.79 Å². The summed E-state index contributed by atoms with van der Waals surface area (Å²) >= 11 is 1.69. The first kappa shape index (κ1) is 15.6. The Bertz CT molecular complexity index is 611. The van der Waals surface area contributed by atoms with E-state index in [1.54, 1.807) is 18.7 Å². The monoisotopic (exact) mass is 300 g/mol. The number of para-hydroxylation sites is 1. The molecule has 0 aliphatic carbocycles. The van der Waals surface area contributed by atoms with E-state index < -0.39 is 5.54 Å². The predicted octanol–water partition coefficient (Wildman–Crippen LogP) is 3.61. The summed E-state index contributed by atoms with van der Waals surface area (Å²) in [5, 5.41) is 2.95. The van der Waals surface area contributed by atoms with Gasteiger partial charge in [0.05, 0.1) is 5.69 Å². The number of thioether (sulfide) groups is 1. The number of nitrogens with two attached hydrogens (primary N) is 1. The first-order valence-corrected chi connectivity index (χ1v) is 7.92. The number of anilines is 1. The van der Waals surface area contributed by atoms with E-state index in [-0.39, 0.29) is 5.91 Å². The maximum atomic E-state index is 12.5. The molecule has 3 N–H and O–H groups in total. The van der Waals surface area contributed by atoms with Crippen molar-refractivity contribution in [1.29, 1.82) is 0 Å². The average Bonchev–Trinajstić information content (AvgIpc) is 2.50. The molecule has 1 unspecified atom stereocenters. The van der Waals surface area contributed by atoms with Gasteiger partial charge >= 0.3 is 0 Å². The molecule has 0 fully saturated rings. The Kier molecular flexibility index (Phi) is 5.04.